The number of ether oxygens (including phenoxy) is 1. The smallest absolute Gasteiger partial charge is 0.325 e. The van der Waals surface area contributed by atoms with Crippen LogP contribution in [0.15, 0.2) is 24.3 Å². The van der Waals surface area contributed by atoms with Crippen molar-refractivity contribution in [2.45, 2.75) is 13.0 Å². The Balaban J connectivity index is 2.98. The highest BCUT2D eigenvalue weighted by atomic mass is 16.5. The predicted octanol–water partition coefficient (Wildman–Crippen LogP) is 1.14. The minimum absolute atomic E-state index is 0.0779. The summed E-state index contributed by atoms with van der Waals surface area (Å²) in [5, 5.41) is 18.2. The number of aliphatic hydroxyl groups excluding tert-OH is 1. The SMILES string of the molecule is CCOc1cccc(C(C(=O)O)N(C)CCO)c1. The van der Waals surface area contributed by atoms with Crippen molar-refractivity contribution in [1.29, 1.82) is 0 Å². The molecule has 0 radical (unpaired) electrons. The number of nitrogens with zero attached hydrogens (tertiary/aromatic N) is 1. The van der Waals surface area contributed by atoms with E-state index in [2.05, 4.69) is 0 Å². The number of carbonyl (C=O) groups is 1. The lowest BCUT2D eigenvalue weighted by atomic mass is 10.1. The summed E-state index contributed by atoms with van der Waals surface area (Å²) in [6, 6.07) is 6.24. The van der Waals surface area contributed by atoms with Crippen molar-refractivity contribution in [3.63, 3.8) is 0 Å². The lowest BCUT2D eigenvalue weighted by molar-refractivity contribution is -0.143. The number of benzene rings is 1. The first-order valence-electron chi connectivity index (χ1n) is 5.86. The van der Waals surface area contributed by atoms with E-state index >= 15 is 0 Å². The molecule has 0 aliphatic carbocycles. The van der Waals surface area contributed by atoms with Crippen molar-refractivity contribution in [2.75, 3.05) is 26.8 Å². The summed E-state index contributed by atoms with van der Waals surface area (Å²) in [5.74, 6) is -0.293. The molecule has 2 N–H and O–H groups in total. The van der Waals surface area contributed by atoms with Gasteiger partial charge in [-0.2, -0.15) is 0 Å². The second-order valence-corrected chi connectivity index (χ2v) is 3.95. The van der Waals surface area contributed by atoms with E-state index in [-0.39, 0.29) is 6.61 Å². The summed E-state index contributed by atoms with van der Waals surface area (Å²) in [6.07, 6.45) is 0. The zero-order chi connectivity index (χ0) is 13.5. The van der Waals surface area contributed by atoms with Crippen LogP contribution in [0.1, 0.15) is 18.5 Å². The van der Waals surface area contributed by atoms with Gasteiger partial charge in [-0.25, -0.2) is 0 Å². The van der Waals surface area contributed by atoms with Crippen LogP contribution < -0.4 is 4.74 Å². The van der Waals surface area contributed by atoms with Crippen LogP contribution in [0.2, 0.25) is 0 Å². The third-order valence-electron chi connectivity index (χ3n) is 2.61. The Bertz CT molecular complexity index is 394. The highest BCUT2D eigenvalue weighted by Crippen LogP contribution is 2.23. The number of hydrogen-bond acceptors (Lipinski definition) is 4. The number of carboxylic acid groups (broad SMARTS) is 1. The van der Waals surface area contributed by atoms with E-state index in [9.17, 15) is 9.90 Å². The molecule has 1 unspecified atom stereocenters. The molecule has 0 fully saturated rings. The van der Waals surface area contributed by atoms with Crippen LogP contribution in [0, 0.1) is 0 Å². The number of aliphatic hydroxyl groups is 1. The minimum atomic E-state index is -0.945. The number of hydrogen-bond donors (Lipinski definition) is 2. The van der Waals surface area contributed by atoms with Gasteiger partial charge in [0.15, 0.2) is 0 Å². The molecule has 0 aromatic heterocycles. The molecule has 0 bridgehead atoms. The summed E-state index contributed by atoms with van der Waals surface area (Å²) in [6.45, 7) is 2.63. The first kappa shape index (κ1) is 14.5. The van der Waals surface area contributed by atoms with E-state index in [0.717, 1.165) is 0 Å². The topological polar surface area (TPSA) is 70.0 Å². The zero-order valence-corrected chi connectivity index (χ0v) is 10.7. The Morgan fingerprint density at radius 2 is 2.22 bits per heavy atom. The highest BCUT2D eigenvalue weighted by Gasteiger charge is 2.24. The fourth-order valence-corrected chi connectivity index (χ4v) is 1.81. The molecule has 5 nitrogen and oxygen atoms in total. The monoisotopic (exact) mass is 253 g/mol. The minimum Gasteiger partial charge on any atom is -0.494 e. The van der Waals surface area contributed by atoms with Gasteiger partial charge in [-0.05, 0) is 31.7 Å². The van der Waals surface area contributed by atoms with Gasteiger partial charge in [0.1, 0.15) is 11.8 Å². The number of rotatable bonds is 7. The van der Waals surface area contributed by atoms with E-state index in [1.165, 1.54) is 0 Å². The Labute approximate surface area is 107 Å². The predicted molar refractivity (Wildman–Crippen MR) is 67.7 cm³/mol. The van der Waals surface area contributed by atoms with Crippen molar-refractivity contribution in [1.82, 2.24) is 4.90 Å². The summed E-state index contributed by atoms with van der Waals surface area (Å²) < 4.78 is 5.36. The molecule has 0 saturated heterocycles. The van der Waals surface area contributed by atoms with Crippen LogP contribution in [0.5, 0.6) is 5.75 Å². The maximum Gasteiger partial charge on any atom is 0.325 e. The molecule has 0 spiro atoms. The molecule has 1 aromatic carbocycles. The standard InChI is InChI=1S/C13H19NO4/c1-3-18-11-6-4-5-10(9-11)12(13(16)17)14(2)7-8-15/h4-6,9,12,15H,3,7-8H2,1-2H3,(H,16,17). The van der Waals surface area contributed by atoms with Crippen molar-refractivity contribution in [3.05, 3.63) is 29.8 Å². The highest BCUT2D eigenvalue weighted by molar-refractivity contribution is 5.75. The lowest BCUT2D eigenvalue weighted by Crippen LogP contribution is -2.32. The molecule has 0 heterocycles. The third kappa shape index (κ3) is 3.72. The van der Waals surface area contributed by atoms with Gasteiger partial charge in [0.2, 0.25) is 0 Å². The molecule has 0 saturated carbocycles. The molecule has 5 heteroatoms. The molecule has 1 aromatic rings. The van der Waals surface area contributed by atoms with Crippen LogP contribution >= 0.6 is 0 Å². The Morgan fingerprint density at radius 1 is 1.50 bits per heavy atom. The molecule has 1 atom stereocenters. The van der Waals surface area contributed by atoms with Crippen molar-refractivity contribution >= 4 is 5.97 Å². The van der Waals surface area contributed by atoms with Crippen LogP contribution in [-0.4, -0.2) is 47.9 Å². The molecule has 100 valence electrons. The van der Waals surface area contributed by atoms with Gasteiger partial charge in [0.25, 0.3) is 0 Å². The summed E-state index contributed by atoms with van der Waals surface area (Å²) >= 11 is 0. The average Bonchev–Trinajstić information content (AvgIpc) is 2.30. The van der Waals surface area contributed by atoms with Crippen LogP contribution in [0.25, 0.3) is 0 Å². The number of carboxylic acids is 1. The Morgan fingerprint density at radius 3 is 2.78 bits per heavy atom. The quantitative estimate of drug-likeness (QED) is 0.762. The van der Waals surface area contributed by atoms with Gasteiger partial charge in [-0.1, -0.05) is 12.1 Å². The lowest BCUT2D eigenvalue weighted by Gasteiger charge is -2.24. The van der Waals surface area contributed by atoms with Crippen LogP contribution in [0.4, 0.5) is 0 Å². The van der Waals surface area contributed by atoms with Gasteiger partial charge < -0.3 is 14.9 Å². The van der Waals surface area contributed by atoms with Gasteiger partial charge in [0.05, 0.1) is 13.2 Å². The van der Waals surface area contributed by atoms with Gasteiger partial charge in [-0.15, -0.1) is 0 Å². The summed E-state index contributed by atoms with van der Waals surface area (Å²) in [7, 11) is 1.67. The second-order valence-electron chi connectivity index (χ2n) is 3.95. The summed E-state index contributed by atoms with van der Waals surface area (Å²) in [4.78, 5) is 12.9. The molecule has 0 aliphatic rings. The Hall–Kier alpha value is -1.59. The van der Waals surface area contributed by atoms with Gasteiger partial charge in [-0.3, -0.25) is 9.69 Å². The first-order valence-corrected chi connectivity index (χ1v) is 5.86. The average molecular weight is 253 g/mol. The fraction of sp³-hybridized carbons (Fsp3) is 0.462. The number of aliphatic carboxylic acids is 1. The molecule has 1 rings (SSSR count). The van der Waals surface area contributed by atoms with E-state index in [4.69, 9.17) is 9.84 Å². The first-order chi connectivity index (χ1) is 8.60. The third-order valence-corrected chi connectivity index (χ3v) is 2.61. The number of likely N-dealkylation sites (N-methyl/N-ethyl adjacent to an activating group) is 1. The molecular weight excluding hydrogens is 234 g/mol. The summed E-state index contributed by atoms with van der Waals surface area (Å²) in [5.41, 5.74) is 0.643. The zero-order valence-electron chi connectivity index (χ0n) is 10.7. The van der Waals surface area contributed by atoms with E-state index in [1.807, 2.05) is 6.92 Å². The van der Waals surface area contributed by atoms with Crippen LogP contribution in [0.3, 0.4) is 0 Å². The van der Waals surface area contributed by atoms with Gasteiger partial charge >= 0.3 is 5.97 Å². The van der Waals surface area contributed by atoms with E-state index in [0.29, 0.717) is 24.5 Å². The van der Waals surface area contributed by atoms with Crippen molar-refractivity contribution in [2.24, 2.45) is 0 Å². The molecule has 0 amide bonds. The largest absolute Gasteiger partial charge is 0.494 e. The second kappa shape index (κ2) is 6.98. The fourth-order valence-electron chi connectivity index (χ4n) is 1.81. The van der Waals surface area contributed by atoms with E-state index < -0.39 is 12.0 Å². The van der Waals surface area contributed by atoms with E-state index in [1.54, 1.807) is 36.2 Å². The maximum atomic E-state index is 11.3. The van der Waals surface area contributed by atoms with Crippen LogP contribution in [-0.2, 0) is 4.79 Å². The molecule has 0 aliphatic heterocycles. The Kier molecular flexibility index (Phi) is 5.61. The normalized spacial score (nSPS) is 12.4. The van der Waals surface area contributed by atoms with Crippen molar-refractivity contribution < 1.29 is 19.7 Å². The van der Waals surface area contributed by atoms with Crippen molar-refractivity contribution in [3.8, 4) is 5.75 Å². The van der Waals surface area contributed by atoms with Gasteiger partial charge in [0, 0.05) is 6.54 Å². The molecular formula is C13H19NO4. The maximum absolute atomic E-state index is 11.3. The molecule has 18 heavy (non-hydrogen) atoms.